The lowest BCUT2D eigenvalue weighted by Gasteiger charge is -2.26. The Balaban J connectivity index is 2.25. The predicted octanol–water partition coefficient (Wildman–Crippen LogP) is 3.25. The number of rotatable bonds is 2. The fourth-order valence-corrected chi connectivity index (χ4v) is 2.47. The molecule has 4 heteroatoms. The van der Waals surface area contributed by atoms with Crippen molar-refractivity contribution in [3.05, 3.63) is 39.9 Å². The van der Waals surface area contributed by atoms with E-state index >= 15 is 0 Å². The average Bonchev–Trinajstić information content (AvgIpc) is 2.38. The topological polar surface area (TPSA) is 29.5 Å². The highest BCUT2D eigenvalue weighted by molar-refractivity contribution is 9.10. The molecule has 0 fully saturated rings. The molecule has 1 heterocycles. The fraction of sp³-hybridized carbons (Fsp3) is 0.357. The summed E-state index contributed by atoms with van der Waals surface area (Å²) in [6.07, 6.45) is 3.11. The minimum absolute atomic E-state index is 0.0493. The van der Waals surface area contributed by atoms with Crippen LogP contribution in [0.25, 0.3) is 0 Å². The van der Waals surface area contributed by atoms with Crippen LogP contribution in [0.4, 0.5) is 0 Å². The number of amides is 1. The van der Waals surface area contributed by atoms with Crippen LogP contribution in [0, 0.1) is 0 Å². The van der Waals surface area contributed by atoms with Gasteiger partial charge in [0.15, 0.2) is 0 Å². The first-order valence-electron chi connectivity index (χ1n) is 5.90. The molecular weight excluding hydrogens is 294 g/mol. The van der Waals surface area contributed by atoms with Gasteiger partial charge in [-0.1, -0.05) is 11.6 Å². The number of hydrogen-bond donors (Lipinski definition) is 0. The maximum Gasteiger partial charge on any atom is 0.255 e. The third kappa shape index (κ3) is 2.75. The summed E-state index contributed by atoms with van der Waals surface area (Å²) in [5.41, 5.74) is 1.90. The van der Waals surface area contributed by atoms with Crippen LogP contribution in [0.2, 0.25) is 0 Å². The molecule has 0 saturated carbocycles. The molecule has 0 spiro atoms. The van der Waals surface area contributed by atoms with Crippen molar-refractivity contribution < 1.29 is 9.53 Å². The second-order valence-corrected chi connectivity index (χ2v) is 5.27. The molecule has 1 amide bonds. The molecular formula is C14H16BrNO2. The van der Waals surface area contributed by atoms with Gasteiger partial charge in [0.25, 0.3) is 5.91 Å². The quantitative estimate of drug-likeness (QED) is 0.785. The van der Waals surface area contributed by atoms with Gasteiger partial charge in [0.05, 0.1) is 12.7 Å². The van der Waals surface area contributed by atoms with Crippen molar-refractivity contribution in [1.82, 2.24) is 4.90 Å². The van der Waals surface area contributed by atoms with Crippen LogP contribution >= 0.6 is 15.9 Å². The third-order valence-electron chi connectivity index (χ3n) is 3.02. The summed E-state index contributed by atoms with van der Waals surface area (Å²) >= 11 is 3.42. The van der Waals surface area contributed by atoms with E-state index in [1.807, 2.05) is 17.0 Å². The van der Waals surface area contributed by atoms with Crippen LogP contribution in [-0.2, 0) is 0 Å². The Labute approximate surface area is 116 Å². The Kier molecular flexibility index (Phi) is 4.07. The lowest BCUT2D eigenvalue weighted by molar-refractivity contribution is 0.0764. The van der Waals surface area contributed by atoms with Crippen molar-refractivity contribution in [2.24, 2.45) is 0 Å². The molecule has 18 heavy (non-hydrogen) atoms. The molecule has 1 aliphatic rings. The highest BCUT2D eigenvalue weighted by Gasteiger charge is 2.20. The van der Waals surface area contributed by atoms with Gasteiger partial charge in [-0.3, -0.25) is 4.79 Å². The number of carbonyl (C=O) groups is 1. The van der Waals surface area contributed by atoms with Gasteiger partial charge >= 0.3 is 0 Å². The van der Waals surface area contributed by atoms with E-state index in [2.05, 4.69) is 28.9 Å². The predicted molar refractivity (Wildman–Crippen MR) is 75.0 cm³/mol. The molecule has 0 saturated heterocycles. The van der Waals surface area contributed by atoms with Crippen molar-refractivity contribution in [2.45, 2.75) is 13.3 Å². The highest BCUT2D eigenvalue weighted by Crippen LogP contribution is 2.24. The first-order chi connectivity index (χ1) is 8.61. The Hall–Kier alpha value is -1.29. The number of carbonyl (C=O) groups excluding carboxylic acids is 1. The van der Waals surface area contributed by atoms with Gasteiger partial charge in [0, 0.05) is 17.6 Å². The van der Waals surface area contributed by atoms with Gasteiger partial charge in [-0.25, -0.2) is 0 Å². The maximum atomic E-state index is 12.4. The van der Waals surface area contributed by atoms with Gasteiger partial charge in [-0.2, -0.15) is 0 Å². The van der Waals surface area contributed by atoms with E-state index in [0.29, 0.717) is 17.9 Å². The average molecular weight is 310 g/mol. The summed E-state index contributed by atoms with van der Waals surface area (Å²) in [6.45, 7) is 3.54. The molecule has 0 N–H and O–H groups in total. The lowest BCUT2D eigenvalue weighted by Crippen LogP contribution is -2.35. The number of hydrogen-bond acceptors (Lipinski definition) is 2. The van der Waals surface area contributed by atoms with E-state index in [1.165, 1.54) is 5.57 Å². The Morgan fingerprint density at radius 1 is 1.44 bits per heavy atom. The summed E-state index contributed by atoms with van der Waals surface area (Å²) < 4.78 is 5.97. The van der Waals surface area contributed by atoms with Crippen molar-refractivity contribution >= 4 is 21.8 Å². The van der Waals surface area contributed by atoms with Crippen LogP contribution in [0.15, 0.2) is 34.3 Å². The molecule has 1 aromatic rings. The second kappa shape index (κ2) is 5.57. The normalized spacial score (nSPS) is 15.3. The summed E-state index contributed by atoms with van der Waals surface area (Å²) in [4.78, 5) is 14.3. The van der Waals surface area contributed by atoms with Crippen LogP contribution < -0.4 is 4.74 Å². The van der Waals surface area contributed by atoms with E-state index in [-0.39, 0.29) is 5.91 Å². The lowest BCUT2D eigenvalue weighted by atomic mass is 10.1. The zero-order chi connectivity index (χ0) is 13.1. The molecule has 0 aromatic heterocycles. The summed E-state index contributed by atoms with van der Waals surface area (Å²) in [5.74, 6) is 0.749. The van der Waals surface area contributed by atoms with Gasteiger partial charge in [0.1, 0.15) is 5.75 Å². The standard InChI is InChI=1S/C14H16BrNO2/c1-10-4-3-7-16(9-10)14(17)12-8-11(18-2)5-6-13(12)15/h4-6,8H,3,7,9H2,1-2H3. The van der Waals surface area contributed by atoms with Gasteiger partial charge in [-0.05, 0) is 47.5 Å². The molecule has 1 aromatic carbocycles. The van der Waals surface area contributed by atoms with E-state index in [9.17, 15) is 4.79 Å². The molecule has 0 bridgehead atoms. The molecule has 0 aliphatic carbocycles. The second-order valence-electron chi connectivity index (χ2n) is 4.41. The molecule has 0 radical (unpaired) electrons. The van der Waals surface area contributed by atoms with E-state index in [0.717, 1.165) is 17.4 Å². The first kappa shape index (κ1) is 13.1. The minimum atomic E-state index is 0.0493. The van der Waals surface area contributed by atoms with Crippen LogP contribution in [0.3, 0.4) is 0 Å². The van der Waals surface area contributed by atoms with Crippen LogP contribution in [-0.4, -0.2) is 31.0 Å². The van der Waals surface area contributed by atoms with E-state index in [1.54, 1.807) is 13.2 Å². The Morgan fingerprint density at radius 2 is 2.22 bits per heavy atom. The molecule has 96 valence electrons. The monoisotopic (exact) mass is 309 g/mol. The molecule has 0 unspecified atom stereocenters. The molecule has 3 nitrogen and oxygen atoms in total. The summed E-state index contributed by atoms with van der Waals surface area (Å²) in [5, 5.41) is 0. The van der Waals surface area contributed by atoms with Crippen molar-refractivity contribution in [1.29, 1.82) is 0 Å². The molecule has 2 rings (SSSR count). The SMILES string of the molecule is COc1ccc(Br)c(C(=O)N2CCC=C(C)C2)c1. The smallest absolute Gasteiger partial charge is 0.255 e. The van der Waals surface area contributed by atoms with Crippen molar-refractivity contribution in [2.75, 3.05) is 20.2 Å². The largest absolute Gasteiger partial charge is 0.497 e. The molecule has 1 aliphatic heterocycles. The maximum absolute atomic E-state index is 12.4. The zero-order valence-electron chi connectivity index (χ0n) is 10.6. The first-order valence-corrected chi connectivity index (χ1v) is 6.69. The van der Waals surface area contributed by atoms with Gasteiger partial charge in [-0.15, -0.1) is 0 Å². The number of benzene rings is 1. The fourth-order valence-electron chi connectivity index (χ4n) is 2.05. The minimum Gasteiger partial charge on any atom is -0.497 e. The Bertz CT molecular complexity index is 497. The summed E-state index contributed by atoms with van der Waals surface area (Å²) in [6, 6.07) is 5.46. The number of methoxy groups -OCH3 is 1. The number of ether oxygens (including phenoxy) is 1. The van der Waals surface area contributed by atoms with Gasteiger partial charge in [0.2, 0.25) is 0 Å². The summed E-state index contributed by atoms with van der Waals surface area (Å²) in [7, 11) is 1.60. The number of halogens is 1. The zero-order valence-corrected chi connectivity index (χ0v) is 12.2. The Morgan fingerprint density at radius 3 is 2.89 bits per heavy atom. The third-order valence-corrected chi connectivity index (χ3v) is 3.71. The van der Waals surface area contributed by atoms with Crippen LogP contribution in [0.5, 0.6) is 5.75 Å². The van der Waals surface area contributed by atoms with Crippen molar-refractivity contribution in [3.8, 4) is 5.75 Å². The van der Waals surface area contributed by atoms with E-state index < -0.39 is 0 Å². The van der Waals surface area contributed by atoms with Gasteiger partial charge < -0.3 is 9.64 Å². The van der Waals surface area contributed by atoms with E-state index in [4.69, 9.17) is 4.74 Å². The highest BCUT2D eigenvalue weighted by atomic mass is 79.9. The number of nitrogens with zero attached hydrogens (tertiary/aromatic N) is 1. The van der Waals surface area contributed by atoms with Crippen molar-refractivity contribution in [3.63, 3.8) is 0 Å². The molecule has 0 atom stereocenters. The van der Waals surface area contributed by atoms with Crippen LogP contribution in [0.1, 0.15) is 23.7 Å².